The molecule has 0 fully saturated rings. The maximum atomic E-state index is 12.8. The summed E-state index contributed by atoms with van der Waals surface area (Å²) in [6, 6.07) is 13.7. The van der Waals surface area contributed by atoms with Crippen molar-refractivity contribution in [2.75, 3.05) is 0 Å². The number of aryl methyl sites for hydroxylation is 1. The summed E-state index contributed by atoms with van der Waals surface area (Å²) >= 11 is 11.0. The maximum Gasteiger partial charge on any atom is 0.260 e. The van der Waals surface area contributed by atoms with Gasteiger partial charge in [-0.15, -0.1) is 11.3 Å². The van der Waals surface area contributed by atoms with Gasteiger partial charge in [-0.3, -0.25) is 4.79 Å². The van der Waals surface area contributed by atoms with Crippen LogP contribution in [0.15, 0.2) is 57.1 Å². The molecule has 0 bridgehead atoms. The summed E-state index contributed by atoms with van der Waals surface area (Å²) in [6.45, 7) is 2.04. The van der Waals surface area contributed by atoms with Crippen molar-refractivity contribution in [3.63, 3.8) is 0 Å². The first kappa shape index (κ1) is 17.5. The van der Waals surface area contributed by atoms with E-state index >= 15 is 0 Å². The standard InChI is InChI=1S/C20H14BrClN2OS/c1-11-2-7-16(21)14(8-11)15-10-26-20-18(15)19(25)23-17(24-20)9-12-3-5-13(22)6-4-12/h2-8,10H,9H2,1H3,(H,23,24,25). The lowest BCUT2D eigenvalue weighted by molar-refractivity contribution is 0.977. The zero-order valence-electron chi connectivity index (χ0n) is 13.8. The quantitative estimate of drug-likeness (QED) is 0.422. The molecule has 2 heterocycles. The predicted molar refractivity (Wildman–Crippen MR) is 112 cm³/mol. The van der Waals surface area contributed by atoms with Crippen molar-refractivity contribution in [3.05, 3.63) is 84.6 Å². The van der Waals surface area contributed by atoms with Gasteiger partial charge >= 0.3 is 0 Å². The second-order valence-electron chi connectivity index (χ2n) is 6.13. The molecule has 6 heteroatoms. The molecule has 0 spiro atoms. The van der Waals surface area contributed by atoms with Crippen molar-refractivity contribution in [1.29, 1.82) is 0 Å². The molecule has 130 valence electrons. The van der Waals surface area contributed by atoms with Gasteiger partial charge in [0, 0.05) is 26.9 Å². The highest BCUT2D eigenvalue weighted by Gasteiger charge is 2.15. The highest BCUT2D eigenvalue weighted by molar-refractivity contribution is 9.10. The number of hydrogen-bond donors (Lipinski definition) is 1. The Morgan fingerprint density at radius 2 is 1.92 bits per heavy atom. The van der Waals surface area contributed by atoms with E-state index in [0.717, 1.165) is 31.6 Å². The van der Waals surface area contributed by atoms with Gasteiger partial charge in [-0.1, -0.05) is 57.4 Å². The molecule has 0 radical (unpaired) electrons. The summed E-state index contributed by atoms with van der Waals surface area (Å²) in [4.78, 5) is 21.1. The largest absolute Gasteiger partial charge is 0.310 e. The van der Waals surface area contributed by atoms with Crippen LogP contribution in [0, 0.1) is 6.92 Å². The van der Waals surface area contributed by atoms with Crippen LogP contribution in [0.25, 0.3) is 21.3 Å². The van der Waals surface area contributed by atoms with E-state index < -0.39 is 0 Å². The van der Waals surface area contributed by atoms with E-state index in [1.54, 1.807) is 0 Å². The van der Waals surface area contributed by atoms with Gasteiger partial charge in [0.25, 0.3) is 5.56 Å². The second-order valence-corrected chi connectivity index (χ2v) is 8.28. The lowest BCUT2D eigenvalue weighted by Crippen LogP contribution is -2.11. The third-order valence-corrected chi connectivity index (χ3v) is 6.01. The number of nitrogens with zero attached hydrogens (tertiary/aromatic N) is 1. The van der Waals surface area contributed by atoms with Gasteiger partial charge in [0.2, 0.25) is 0 Å². The normalized spacial score (nSPS) is 11.2. The number of thiophene rings is 1. The zero-order valence-corrected chi connectivity index (χ0v) is 17.0. The van der Waals surface area contributed by atoms with Crippen molar-refractivity contribution in [3.8, 4) is 11.1 Å². The maximum absolute atomic E-state index is 12.8. The summed E-state index contributed by atoms with van der Waals surface area (Å²) < 4.78 is 0.965. The van der Waals surface area contributed by atoms with Crippen LogP contribution >= 0.6 is 38.9 Å². The van der Waals surface area contributed by atoms with E-state index in [0.29, 0.717) is 22.7 Å². The number of aromatic nitrogens is 2. The van der Waals surface area contributed by atoms with Crippen molar-refractivity contribution in [1.82, 2.24) is 9.97 Å². The first-order valence-electron chi connectivity index (χ1n) is 8.02. The van der Waals surface area contributed by atoms with Crippen molar-refractivity contribution < 1.29 is 0 Å². The third-order valence-electron chi connectivity index (χ3n) is 4.19. The Kier molecular flexibility index (Phi) is 4.69. The topological polar surface area (TPSA) is 45.8 Å². The van der Waals surface area contributed by atoms with E-state index in [2.05, 4.69) is 32.0 Å². The smallest absolute Gasteiger partial charge is 0.260 e. The summed E-state index contributed by atoms with van der Waals surface area (Å²) in [7, 11) is 0. The molecule has 0 aliphatic heterocycles. The molecular formula is C20H14BrClN2OS. The lowest BCUT2D eigenvalue weighted by atomic mass is 10.0. The van der Waals surface area contributed by atoms with Crippen LogP contribution in [0.2, 0.25) is 5.02 Å². The molecule has 0 saturated heterocycles. The van der Waals surface area contributed by atoms with Crippen LogP contribution in [-0.4, -0.2) is 9.97 Å². The summed E-state index contributed by atoms with van der Waals surface area (Å²) in [6.07, 6.45) is 0.559. The van der Waals surface area contributed by atoms with Gasteiger partial charge in [-0.25, -0.2) is 4.98 Å². The number of benzene rings is 2. The average molecular weight is 446 g/mol. The number of hydrogen-bond acceptors (Lipinski definition) is 3. The zero-order chi connectivity index (χ0) is 18.3. The molecule has 2 aromatic carbocycles. The first-order valence-corrected chi connectivity index (χ1v) is 10.1. The molecule has 0 aliphatic carbocycles. The molecule has 4 aromatic rings. The van der Waals surface area contributed by atoms with Crippen LogP contribution in [0.1, 0.15) is 17.0 Å². The van der Waals surface area contributed by atoms with Crippen molar-refractivity contribution >= 4 is 49.1 Å². The number of aromatic amines is 1. The molecule has 0 aliphatic rings. The van der Waals surface area contributed by atoms with Crippen LogP contribution in [0.5, 0.6) is 0 Å². The summed E-state index contributed by atoms with van der Waals surface area (Å²) in [5, 5.41) is 3.33. The molecule has 3 nitrogen and oxygen atoms in total. The third kappa shape index (κ3) is 3.34. The number of fused-ring (bicyclic) bond motifs is 1. The Bertz CT molecular complexity index is 1160. The fourth-order valence-corrected chi connectivity index (χ4v) is 4.46. The Morgan fingerprint density at radius 3 is 2.69 bits per heavy atom. The second kappa shape index (κ2) is 6.99. The highest BCUT2D eigenvalue weighted by atomic mass is 79.9. The molecule has 1 N–H and O–H groups in total. The van der Waals surface area contributed by atoms with E-state index in [9.17, 15) is 4.79 Å². The van der Waals surface area contributed by atoms with Gasteiger partial charge < -0.3 is 4.98 Å². The minimum atomic E-state index is -0.108. The summed E-state index contributed by atoms with van der Waals surface area (Å²) in [5.74, 6) is 0.654. The van der Waals surface area contributed by atoms with E-state index in [4.69, 9.17) is 11.6 Å². The van der Waals surface area contributed by atoms with Gasteiger partial charge in [0.05, 0.1) is 5.39 Å². The average Bonchev–Trinajstić information content (AvgIpc) is 3.03. The Morgan fingerprint density at radius 1 is 1.15 bits per heavy atom. The van der Waals surface area contributed by atoms with Crippen molar-refractivity contribution in [2.45, 2.75) is 13.3 Å². The molecule has 0 saturated carbocycles. The van der Waals surface area contributed by atoms with Crippen LogP contribution in [0.4, 0.5) is 0 Å². The fraction of sp³-hybridized carbons (Fsp3) is 0.100. The van der Waals surface area contributed by atoms with Gasteiger partial charge in [-0.05, 0) is 36.2 Å². The minimum Gasteiger partial charge on any atom is -0.310 e. The molecule has 0 atom stereocenters. The molecular weight excluding hydrogens is 432 g/mol. The molecule has 4 rings (SSSR count). The van der Waals surface area contributed by atoms with Crippen molar-refractivity contribution in [2.24, 2.45) is 0 Å². The minimum absolute atomic E-state index is 0.108. The van der Waals surface area contributed by atoms with E-state index in [1.807, 2.05) is 48.7 Å². The van der Waals surface area contributed by atoms with Gasteiger partial charge in [-0.2, -0.15) is 0 Å². The first-order chi connectivity index (χ1) is 12.5. The predicted octanol–water partition coefficient (Wildman–Crippen LogP) is 5.97. The Hall–Kier alpha value is -1.95. The van der Waals surface area contributed by atoms with Crippen LogP contribution in [-0.2, 0) is 6.42 Å². The number of halogens is 2. The highest BCUT2D eigenvalue weighted by Crippen LogP contribution is 2.35. The molecule has 26 heavy (non-hydrogen) atoms. The summed E-state index contributed by atoms with van der Waals surface area (Å²) in [5.41, 5.74) is 4.01. The monoisotopic (exact) mass is 444 g/mol. The number of nitrogens with one attached hydrogen (secondary N) is 1. The van der Waals surface area contributed by atoms with Gasteiger partial charge in [0.15, 0.2) is 0 Å². The van der Waals surface area contributed by atoms with Crippen LogP contribution < -0.4 is 5.56 Å². The molecule has 0 unspecified atom stereocenters. The Labute approximate surface area is 167 Å². The van der Waals surface area contributed by atoms with E-state index in [-0.39, 0.29) is 5.56 Å². The number of rotatable bonds is 3. The van der Waals surface area contributed by atoms with E-state index in [1.165, 1.54) is 11.3 Å². The Balaban J connectivity index is 1.79. The number of H-pyrrole nitrogens is 1. The lowest BCUT2D eigenvalue weighted by Gasteiger charge is -2.05. The SMILES string of the molecule is Cc1ccc(Br)c(-c2csc3nc(Cc4ccc(Cl)cc4)[nH]c(=O)c23)c1. The molecule has 2 aromatic heterocycles. The van der Waals surface area contributed by atoms with Gasteiger partial charge in [0.1, 0.15) is 10.7 Å². The van der Waals surface area contributed by atoms with Crippen LogP contribution in [0.3, 0.4) is 0 Å². The molecule has 0 amide bonds. The fourth-order valence-electron chi connectivity index (χ4n) is 2.92.